The van der Waals surface area contributed by atoms with Crippen molar-refractivity contribution in [2.24, 2.45) is 5.92 Å². The monoisotopic (exact) mass is 389 g/mol. The normalized spacial score (nSPS) is 16.1. The fraction of sp³-hybridized carbons (Fsp3) is 0.421. The van der Waals surface area contributed by atoms with Gasteiger partial charge in [0, 0.05) is 7.05 Å². The lowest BCUT2D eigenvalue weighted by Crippen LogP contribution is -2.51. The third kappa shape index (κ3) is 4.03. The fourth-order valence-electron chi connectivity index (χ4n) is 2.85. The van der Waals surface area contributed by atoms with Gasteiger partial charge in [0.25, 0.3) is 17.7 Å². The van der Waals surface area contributed by atoms with E-state index in [2.05, 4.69) is 5.32 Å². The summed E-state index contributed by atoms with van der Waals surface area (Å²) in [6, 6.07) is 4.38. The number of amides is 5. The van der Waals surface area contributed by atoms with Crippen LogP contribution in [0.5, 0.6) is 0 Å². The second-order valence-corrected chi connectivity index (χ2v) is 6.50. The van der Waals surface area contributed by atoms with Crippen molar-refractivity contribution in [1.29, 1.82) is 0 Å². The number of carbonyl (C=O) groups excluding carboxylic acids is 5. The molecule has 0 bridgehead atoms. The number of imide groups is 2. The van der Waals surface area contributed by atoms with Gasteiger partial charge in [-0.25, -0.2) is 9.59 Å². The van der Waals surface area contributed by atoms with E-state index < -0.39 is 47.8 Å². The Morgan fingerprint density at radius 3 is 2.07 bits per heavy atom. The Morgan fingerprint density at radius 1 is 1.07 bits per heavy atom. The Kier molecular flexibility index (Phi) is 6.50. The molecule has 2 N–H and O–H groups in total. The molecule has 1 heterocycles. The van der Waals surface area contributed by atoms with Crippen molar-refractivity contribution in [3.05, 3.63) is 35.4 Å². The minimum atomic E-state index is -1.29. The van der Waals surface area contributed by atoms with Gasteiger partial charge in [0.05, 0.1) is 11.1 Å². The van der Waals surface area contributed by atoms with Gasteiger partial charge in [0.15, 0.2) is 6.10 Å². The van der Waals surface area contributed by atoms with E-state index in [1.54, 1.807) is 19.1 Å². The maximum absolute atomic E-state index is 12.8. The predicted octanol–water partition coefficient (Wildman–Crippen LogP) is 1.08. The molecule has 0 unspecified atom stereocenters. The molecule has 1 aliphatic rings. The van der Waals surface area contributed by atoms with Crippen molar-refractivity contribution in [1.82, 2.24) is 15.5 Å². The Bertz CT molecular complexity index is 787. The van der Waals surface area contributed by atoms with Crippen LogP contribution < -0.4 is 10.6 Å². The first-order chi connectivity index (χ1) is 13.2. The first-order valence-corrected chi connectivity index (χ1v) is 8.92. The molecule has 1 aliphatic heterocycles. The Hall–Kier alpha value is -3.23. The van der Waals surface area contributed by atoms with Crippen LogP contribution in [0.15, 0.2) is 24.3 Å². The topological polar surface area (TPSA) is 122 Å². The number of urea groups is 1. The van der Waals surface area contributed by atoms with Crippen LogP contribution in [0.1, 0.15) is 47.9 Å². The third-order valence-corrected chi connectivity index (χ3v) is 4.65. The van der Waals surface area contributed by atoms with Crippen molar-refractivity contribution in [3.8, 4) is 0 Å². The van der Waals surface area contributed by atoms with Crippen LogP contribution in [0, 0.1) is 5.92 Å². The van der Waals surface area contributed by atoms with Gasteiger partial charge < -0.3 is 10.1 Å². The van der Waals surface area contributed by atoms with E-state index in [1.165, 1.54) is 26.1 Å². The van der Waals surface area contributed by atoms with Gasteiger partial charge in [0.2, 0.25) is 0 Å². The molecule has 150 valence electrons. The standard InChI is InChI=1S/C19H23N3O6/c1-5-10(2)14(18(26)28-11(3)15(23)21-19(27)20-4)22-16(24)12-8-6-7-9-13(12)17(22)25/h6-11,14H,5H2,1-4H3,(H2,20,21,23,27)/t10-,11+,14-/m0/s1. The minimum Gasteiger partial charge on any atom is -0.451 e. The SMILES string of the molecule is CC[C@H](C)[C@@H](C(=O)O[C@H](C)C(=O)NC(=O)NC)N1C(=O)c2ccccc2C1=O. The fourth-order valence-corrected chi connectivity index (χ4v) is 2.85. The largest absolute Gasteiger partial charge is 0.451 e. The number of hydrogen-bond donors (Lipinski definition) is 2. The van der Waals surface area contributed by atoms with Gasteiger partial charge in [-0.1, -0.05) is 32.4 Å². The predicted molar refractivity (Wildman–Crippen MR) is 98.3 cm³/mol. The summed E-state index contributed by atoms with van der Waals surface area (Å²) in [5.41, 5.74) is 0.443. The second kappa shape index (κ2) is 8.64. The molecule has 0 aliphatic carbocycles. The van der Waals surface area contributed by atoms with Gasteiger partial charge in [0.1, 0.15) is 6.04 Å². The molecule has 9 nitrogen and oxygen atoms in total. The molecule has 3 atom stereocenters. The summed E-state index contributed by atoms with van der Waals surface area (Å²) >= 11 is 0. The lowest BCUT2D eigenvalue weighted by Gasteiger charge is -2.29. The molecule has 0 radical (unpaired) electrons. The summed E-state index contributed by atoms with van der Waals surface area (Å²) in [4.78, 5) is 62.4. The summed E-state index contributed by atoms with van der Waals surface area (Å²) in [6.45, 7) is 4.82. The highest BCUT2D eigenvalue weighted by Gasteiger charge is 2.45. The van der Waals surface area contributed by atoms with Crippen LogP contribution in [0.2, 0.25) is 0 Å². The number of nitrogens with zero attached hydrogens (tertiary/aromatic N) is 1. The van der Waals surface area contributed by atoms with Crippen LogP contribution in [-0.4, -0.2) is 53.8 Å². The quantitative estimate of drug-likeness (QED) is 0.555. The third-order valence-electron chi connectivity index (χ3n) is 4.65. The number of nitrogens with one attached hydrogen (secondary N) is 2. The zero-order valence-corrected chi connectivity index (χ0v) is 16.1. The molecular formula is C19H23N3O6. The van der Waals surface area contributed by atoms with Gasteiger partial charge in [-0.15, -0.1) is 0 Å². The van der Waals surface area contributed by atoms with Crippen molar-refractivity contribution >= 4 is 29.7 Å². The van der Waals surface area contributed by atoms with Crippen molar-refractivity contribution in [3.63, 3.8) is 0 Å². The lowest BCUT2D eigenvalue weighted by atomic mass is 9.97. The Labute approximate surface area is 162 Å². The maximum Gasteiger partial charge on any atom is 0.330 e. The summed E-state index contributed by atoms with van der Waals surface area (Å²) in [6.07, 6.45) is -0.794. The molecule has 2 rings (SSSR count). The number of benzene rings is 1. The highest BCUT2D eigenvalue weighted by molar-refractivity contribution is 6.22. The zero-order valence-electron chi connectivity index (χ0n) is 16.1. The molecular weight excluding hydrogens is 366 g/mol. The average molecular weight is 389 g/mol. The number of ether oxygens (including phenoxy) is 1. The van der Waals surface area contributed by atoms with E-state index in [9.17, 15) is 24.0 Å². The van der Waals surface area contributed by atoms with Crippen LogP contribution >= 0.6 is 0 Å². The second-order valence-electron chi connectivity index (χ2n) is 6.50. The van der Waals surface area contributed by atoms with Crippen LogP contribution in [-0.2, 0) is 14.3 Å². The van der Waals surface area contributed by atoms with Gasteiger partial charge >= 0.3 is 12.0 Å². The van der Waals surface area contributed by atoms with Crippen molar-refractivity contribution in [2.75, 3.05) is 7.05 Å². The Morgan fingerprint density at radius 2 is 1.61 bits per heavy atom. The molecule has 1 aromatic rings. The average Bonchev–Trinajstić information content (AvgIpc) is 2.93. The lowest BCUT2D eigenvalue weighted by molar-refractivity contribution is -0.159. The highest BCUT2D eigenvalue weighted by Crippen LogP contribution is 2.28. The first-order valence-electron chi connectivity index (χ1n) is 8.92. The molecule has 0 fully saturated rings. The van der Waals surface area contributed by atoms with E-state index in [4.69, 9.17) is 4.74 Å². The van der Waals surface area contributed by atoms with Gasteiger partial charge in [-0.3, -0.25) is 24.6 Å². The Balaban J connectivity index is 2.24. The summed E-state index contributed by atoms with van der Waals surface area (Å²) in [5, 5.41) is 4.22. The number of rotatable bonds is 6. The minimum absolute atomic E-state index is 0.221. The van der Waals surface area contributed by atoms with E-state index in [-0.39, 0.29) is 11.1 Å². The van der Waals surface area contributed by atoms with E-state index in [0.29, 0.717) is 6.42 Å². The molecule has 0 saturated heterocycles. The molecule has 0 aromatic heterocycles. The summed E-state index contributed by atoms with van der Waals surface area (Å²) < 4.78 is 5.17. The highest BCUT2D eigenvalue weighted by atomic mass is 16.5. The van der Waals surface area contributed by atoms with Crippen LogP contribution in [0.3, 0.4) is 0 Å². The molecule has 28 heavy (non-hydrogen) atoms. The molecule has 0 saturated carbocycles. The van der Waals surface area contributed by atoms with Gasteiger partial charge in [-0.05, 0) is 25.0 Å². The zero-order chi connectivity index (χ0) is 21.0. The molecule has 0 spiro atoms. The summed E-state index contributed by atoms with van der Waals surface area (Å²) in [5.74, 6) is -3.26. The van der Waals surface area contributed by atoms with Gasteiger partial charge in [-0.2, -0.15) is 0 Å². The molecule has 5 amide bonds. The van der Waals surface area contributed by atoms with Crippen LogP contribution in [0.4, 0.5) is 4.79 Å². The number of esters is 1. The molecule has 1 aromatic carbocycles. The van der Waals surface area contributed by atoms with E-state index in [0.717, 1.165) is 4.90 Å². The smallest absolute Gasteiger partial charge is 0.330 e. The van der Waals surface area contributed by atoms with E-state index >= 15 is 0 Å². The maximum atomic E-state index is 12.8. The summed E-state index contributed by atoms with van der Waals surface area (Å²) in [7, 11) is 1.33. The van der Waals surface area contributed by atoms with Crippen molar-refractivity contribution < 1.29 is 28.7 Å². The number of hydrogen-bond acceptors (Lipinski definition) is 6. The number of fused-ring (bicyclic) bond motifs is 1. The van der Waals surface area contributed by atoms with Crippen molar-refractivity contribution in [2.45, 2.75) is 39.3 Å². The van der Waals surface area contributed by atoms with Crippen LogP contribution in [0.25, 0.3) is 0 Å². The first kappa shape index (κ1) is 21.1. The van der Waals surface area contributed by atoms with E-state index in [1.807, 2.05) is 12.2 Å². The molecule has 9 heteroatoms. The number of carbonyl (C=O) groups is 5.